The molecule has 59 heavy (non-hydrogen) atoms. The molecule has 2 heterocycles. The molecular weight excluding hydrogens is 747 g/mol. The smallest absolute Gasteiger partial charge is 0.363 e. The van der Waals surface area contributed by atoms with E-state index >= 15 is 0 Å². The van der Waals surface area contributed by atoms with Crippen molar-refractivity contribution in [1.29, 1.82) is 0 Å². The van der Waals surface area contributed by atoms with Crippen molar-refractivity contribution in [3.05, 3.63) is 118 Å². The molecule has 13 heteroatoms. The molecule has 0 atom stereocenters. The number of hydrogen-bond acceptors (Lipinski definition) is 9. The lowest BCUT2D eigenvalue weighted by molar-refractivity contribution is -0.177. The summed E-state index contributed by atoms with van der Waals surface area (Å²) < 4.78 is 10.8. The third-order valence-corrected chi connectivity index (χ3v) is 10.6. The van der Waals surface area contributed by atoms with Gasteiger partial charge in [0.15, 0.2) is 0 Å². The number of carbonyl (C=O) groups is 4. The molecule has 3 amide bonds. The summed E-state index contributed by atoms with van der Waals surface area (Å²) in [6, 6.07) is 27.0. The Balaban J connectivity index is 1.31. The predicted molar refractivity (Wildman–Crippen MR) is 228 cm³/mol. The number of rotatable bonds is 13. The van der Waals surface area contributed by atoms with Gasteiger partial charge in [0.25, 0.3) is 17.7 Å². The van der Waals surface area contributed by atoms with E-state index in [9.17, 15) is 19.2 Å². The molecule has 0 saturated carbocycles. The second-order valence-corrected chi connectivity index (χ2v) is 14.3. The molecule has 0 fully saturated rings. The summed E-state index contributed by atoms with van der Waals surface area (Å²) in [5.74, 6) is -1.63. The molecule has 1 aliphatic carbocycles. The van der Waals surface area contributed by atoms with Crippen molar-refractivity contribution in [2.24, 2.45) is 0 Å². The predicted octanol–water partition coefficient (Wildman–Crippen LogP) is 6.80. The molecule has 6 rings (SSSR count). The monoisotopic (exact) mass is 798 g/mol. The highest BCUT2D eigenvalue weighted by Gasteiger charge is 2.26. The van der Waals surface area contributed by atoms with Crippen LogP contribution in [0.3, 0.4) is 0 Å². The van der Waals surface area contributed by atoms with Gasteiger partial charge >= 0.3 is 5.97 Å². The Bertz CT molecular complexity index is 2530. The molecule has 2 aliphatic rings. The van der Waals surface area contributed by atoms with E-state index in [1.807, 2.05) is 31.2 Å². The summed E-state index contributed by atoms with van der Waals surface area (Å²) in [6.07, 6.45) is 0.619. The SMILES string of the molecule is CCc1c(CN(C)C(=O)c2ccccc2-c2c3ccc(=[N+](CC)CC)cc-3oc3cc(N(CC)CC)ccc23)nnn1Cc1ccc(C(=O)ON(C(C)=O)C(C)=O)cc1. The Kier molecular flexibility index (Phi) is 13.0. The third kappa shape index (κ3) is 8.79. The first-order chi connectivity index (χ1) is 28.4. The van der Waals surface area contributed by atoms with Gasteiger partial charge in [-0.25, -0.2) is 14.1 Å². The van der Waals surface area contributed by atoms with E-state index in [-0.39, 0.29) is 18.0 Å². The molecule has 1 aromatic heterocycles. The number of nitrogens with zero attached hydrogens (tertiary/aromatic N) is 7. The van der Waals surface area contributed by atoms with Crippen LogP contribution in [0.15, 0.2) is 89.3 Å². The minimum absolute atomic E-state index is 0.158. The molecule has 0 spiro atoms. The van der Waals surface area contributed by atoms with Gasteiger partial charge in [0, 0.05) is 73.9 Å². The minimum Gasteiger partial charge on any atom is -0.456 e. The van der Waals surface area contributed by atoms with Gasteiger partial charge < -0.3 is 19.1 Å². The first-order valence-corrected chi connectivity index (χ1v) is 20.1. The molecule has 0 unspecified atom stereocenters. The number of aromatic nitrogens is 3. The molecule has 13 nitrogen and oxygen atoms in total. The van der Waals surface area contributed by atoms with E-state index in [4.69, 9.17) is 9.25 Å². The number of imide groups is 1. The van der Waals surface area contributed by atoms with E-state index in [0.717, 1.165) is 95.7 Å². The van der Waals surface area contributed by atoms with Crippen LogP contribution in [-0.2, 0) is 33.9 Å². The molecule has 0 N–H and O–H groups in total. The maximum atomic E-state index is 14.5. The van der Waals surface area contributed by atoms with E-state index in [1.165, 1.54) is 0 Å². The van der Waals surface area contributed by atoms with Gasteiger partial charge in [-0.15, -0.1) is 10.2 Å². The zero-order valence-corrected chi connectivity index (χ0v) is 35.1. The van der Waals surface area contributed by atoms with E-state index in [2.05, 4.69) is 83.9 Å². The lowest BCUT2D eigenvalue weighted by atomic mass is 9.90. The van der Waals surface area contributed by atoms with Crippen molar-refractivity contribution in [2.75, 3.05) is 38.1 Å². The first kappa shape index (κ1) is 42.0. The van der Waals surface area contributed by atoms with Gasteiger partial charge in [-0.05, 0) is 81.6 Å². The fourth-order valence-electron chi connectivity index (χ4n) is 7.53. The second kappa shape index (κ2) is 18.3. The number of fused-ring (bicyclic) bond motifs is 2. The molecule has 0 bridgehead atoms. The molecule has 306 valence electrons. The van der Waals surface area contributed by atoms with E-state index in [0.29, 0.717) is 29.3 Å². The van der Waals surface area contributed by atoms with Gasteiger partial charge in [-0.2, -0.15) is 0 Å². The highest BCUT2D eigenvalue weighted by Crippen LogP contribution is 2.42. The topological polar surface area (TPSA) is 134 Å². The molecule has 0 saturated heterocycles. The van der Waals surface area contributed by atoms with Gasteiger partial charge in [-0.1, -0.05) is 42.5 Å². The van der Waals surface area contributed by atoms with Crippen LogP contribution >= 0.6 is 0 Å². The fourth-order valence-corrected chi connectivity index (χ4v) is 7.53. The van der Waals surface area contributed by atoms with Gasteiger partial charge in [-0.3, -0.25) is 14.4 Å². The Morgan fingerprint density at radius 2 is 1.51 bits per heavy atom. The highest BCUT2D eigenvalue weighted by molar-refractivity contribution is 6.09. The summed E-state index contributed by atoms with van der Waals surface area (Å²) in [7, 11) is 1.78. The van der Waals surface area contributed by atoms with Gasteiger partial charge in [0.05, 0.1) is 30.4 Å². The Labute approximate surface area is 344 Å². The number of anilines is 1. The Morgan fingerprint density at radius 1 is 0.814 bits per heavy atom. The molecule has 0 radical (unpaired) electrons. The van der Waals surface area contributed by atoms with Crippen molar-refractivity contribution >= 4 is 40.3 Å². The summed E-state index contributed by atoms with van der Waals surface area (Å²) in [5.41, 5.74) is 7.60. The highest BCUT2D eigenvalue weighted by atomic mass is 16.7. The summed E-state index contributed by atoms with van der Waals surface area (Å²) >= 11 is 0. The summed E-state index contributed by atoms with van der Waals surface area (Å²) in [5, 5.41) is 11.4. The minimum atomic E-state index is -0.828. The number of carbonyl (C=O) groups excluding carboxylic acids is 4. The zero-order valence-electron chi connectivity index (χ0n) is 35.1. The number of hydroxylamine groups is 2. The van der Waals surface area contributed by atoms with Crippen molar-refractivity contribution in [3.8, 4) is 22.5 Å². The Morgan fingerprint density at radius 3 is 2.15 bits per heavy atom. The van der Waals surface area contributed by atoms with Crippen LogP contribution in [0.5, 0.6) is 0 Å². The summed E-state index contributed by atoms with van der Waals surface area (Å²) in [4.78, 5) is 59.4. The van der Waals surface area contributed by atoms with E-state index < -0.39 is 17.8 Å². The van der Waals surface area contributed by atoms with Crippen LogP contribution in [0, 0.1) is 0 Å². The number of benzene rings is 4. The zero-order chi connectivity index (χ0) is 42.4. The van der Waals surface area contributed by atoms with E-state index in [1.54, 1.807) is 40.9 Å². The largest absolute Gasteiger partial charge is 0.456 e. The fraction of sp³-hybridized carbons (Fsp3) is 0.326. The van der Waals surface area contributed by atoms with Gasteiger partial charge in [0.1, 0.15) is 30.1 Å². The number of amides is 3. The normalized spacial score (nSPS) is 11.1. The van der Waals surface area contributed by atoms with Gasteiger partial charge in [0.2, 0.25) is 5.36 Å². The molecule has 3 aromatic carbocycles. The van der Waals surface area contributed by atoms with Crippen LogP contribution in [-0.4, -0.2) is 81.9 Å². The van der Waals surface area contributed by atoms with Crippen LogP contribution in [0.4, 0.5) is 5.69 Å². The van der Waals surface area contributed by atoms with Crippen LogP contribution in [0.25, 0.3) is 33.4 Å². The number of hydrogen-bond donors (Lipinski definition) is 0. The maximum Gasteiger partial charge on any atom is 0.363 e. The molecular formula is C46H52N7O6+. The third-order valence-electron chi connectivity index (χ3n) is 10.6. The summed E-state index contributed by atoms with van der Waals surface area (Å²) in [6.45, 7) is 16.9. The standard InChI is InChI=1S/C46H52N7O6/c1-9-41-40(47-48-52(41)28-32-18-20-33(21-19-32)46(57)59-53(30(6)54)31(7)55)29-49(8)45(56)37-17-15-14-16-36(37)44-38-24-22-34(50(10-2)11-3)26-42(38)58-43-27-35(23-25-39(43)44)51(12-4)13-5/h14-27H,9-13,28-29H2,1-8H3/q+1. The van der Waals surface area contributed by atoms with Crippen molar-refractivity contribution in [1.82, 2.24) is 29.5 Å². The first-order valence-electron chi connectivity index (χ1n) is 20.1. The maximum absolute atomic E-state index is 14.5. The quantitative estimate of drug-likeness (QED) is 0.0703. The van der Waals surface area contributed by atoms with Crippen LogP contribution in [0.2, 0.25) is 0 Å². The average Bonchev–Trinajstić information content (AvgIpc) is 3.62. The molecule has 1 aliphatic heterocycles. The lowest BCUT2D eigenvalue weighted by Crippen LogP contribution is -2.35. The van der Waals surface area contributed by atoms with Crippen molar-refractivity contribution in [3.63, 3.8) is 0 Å². The molecule has 4 aromatic rings. The van der Waals surface area contributed by atoms with Crippen LogP contribution < -0.4 is 14.8 Å². The van der Waals surface area contributed by atoms with Crippen molar-refractivity contribution in [2.45, 2.75) is 68.0 Å². The van der Waals surface area contributed by atoms with Crippen molar-refractivity contribution < 1.29 is 28.4 Å². The second-order valence-electron chi connectivity index (χ2n) is 14.3. The van der Waals surface area contributed by atoms with Crippen LogP contribution in [0.1, 0.15) is 86.1 Å². The average molecular weight is 799 g/mol. The lowest BCUT2D eigenvalue weighted by Gasteiger charge is -2.23. The Hall–Kier alpha value is -6.63.